The van der Waals surface area contributed by atoms with E-state index < -0.39 is 10.0 Å². The fourth-order valence-electron chi connectivity index (χ4n) is 3.55. The fourth-order valence-corrected chi connectivity index (χ4v) is 4.44. The van der Waals surface area contributed by atoms with Crippen LogP contribution in [0.3, 0.4) is 0 Å². The van der Waals surface area contributed by atoms with E-state index in [1.165, 1.54) is 11.4 Å². The summed E-state index contributed by atoms with van der Waals surface area (Å²) in [5.74, 6) is -0.369. The van der Waals surface area contributed by atoms with E-state index in [2.05, 4.69) is 0 Å². The van der Waals surface area contributed by atoms with Crippen molar-refractivity contribution in [3.8, 4) is 0 Å². The molecule has 1 N–H and O–H groups in total. The number of hydrogen-bond acceptors (Lipinski definition) is 5. The van der Waals surface area contributed by atoms with Gasteiger partial charge in [0.2, 0.25) is 15.9 Å². The van der Waals surface area contributed by atoms with Crippen LogP contribution in [0.15, 0.2) is 30.3 Å². The van der Waals surface area contributed by atoms with Crippen molar-refractivity contribution in [2.24, 2.45) is 0 Å². The molecule has 1 heterocycles. The van der Waals surface area contributed by atoms with Crippen molar-refractivity contribution in [2.75, 3.05) is 39.7 Å². The van der Waals surface area contributed by atoms with Gasteiger partial charge in [0.05, 0.1) is 24.9 Å². The lowest BCUT2D eigenvalue weighted by molar-refractivity contribution is -0.155. The maximum atomic E-state index is 12.4. The molecule has 1 aromatic carbocycles. The fraction of sp³-hybridized carbons (Fsp3) is 0.588. The summed E-state index contributed by atoms with van der Waals surface area (Å²) in [6, 6.07) is 8.85. The largest absolute Gasteiger partial charge is 0.394 e. The number of aliphatic hydroxyl groups is 1. The van der Waals surface area contributed by atoms with Crippen LogP contribution < -0.4 is 0 Å². The van der Waals surface area contributed by atoms with Crippen LogP contribution in [-0.4, -0.2) is 80.4 Å². The molecule has 0 bridgehead atoms. The van der Waals surface area contributed by atoms with Crippen molar-refractivity contribution >= 4 is 15.9 Å². The number of amides is 1. The molecule has 0 saturated carbocycles. The molecule has 0 aromatic heterocycles. The van der Waals surface area contributed by atoms with Crippen LogP contribution in [0.1, 0.15) is 18.4 Å². The first kappa shape index (κ1) is 19.8. The monoisotopic (exact) mass is 370 g/mol. The van der Waals surface area contributed by atoms with Gasteiger partial charge in [0.1, 0.15) is 6.61 Å². The predicted molar refractivity (Wildman–Crippen MR) is 94.7 cm³/mol. The van der Waals surface area contributed by atoms with E-state index in [-0.39, 0.29) is 43.7 Å². The lowest BCUT2D eigenvalue weighted by Gasteiger charge is -2.55. The van der Waals surface area contributed by atoms with Gasteiger partial charge in [-0.05, 0) is 5.56 Å². The Morgan fingerprint density at radius 2 is 1.92 bits per heavy atom. The van der Waals surface area contributed by atoms with Crippen molar-refractivity contribution in [1.82, 2.24) is 9.21 Å². The first-order valence-electron chi connectivity index (χ1n) is 8.26. The van der Waals surface area contributed by atoms with E-state index in [9.17, 15) is 18.3 Å². The Bertz CT molecular complexity index is 680. The Morgan fingerprint density at radius 3 is 2.40 bits per heavy atom. The highest BCUT2D eigenvalue weighted by Gasteiger charge is 2.51. The zero-order chi connectivity index (χ0) is 18.6. The second-order valence-corrected chi connectivity index (χ2v) is 8.18. The minimum absolute atomic E-state index is 0.0977. The summed E-state index contributed by atoms with van der Waals surface area (Å²) in [5, 5.41) is 9.81. The minimum Gasteiger partial charge on any atom is -0.394 e. The van der Waals surface area contributed by atoms with Gasteiger partial charge in [-0.15, -0.1) is 0 Å². The van der Waals surface area contributed by atoms with Gasteiger partial charge in [0.25, 0.3) is 0 Å². The molecule has 1 aliphatic rings. The summed E-state index contributed by atoms with van der Waals surface area (Å²) >= 11 is 0. The summed E-state index contributed by atoms with van der Waals surface area (Å²) in [6.07, 6.45) is 1.16. The maximum Gasteiger partial charge on any atom is 0.249 e. The molecule has 0 radical (unpaired) electrons. The number of aliphatic hydroxyl groups excluding tert-OH is 1. The van der Waals surface area contributed by atoms with Crippen molar-refractivity contribution in [2.45, 2.75) is 24.9 Å². The van der Waals surface area contributed by atoms with E-state index in [1.54, 1.807) is 11.8 Å². The number of nitrogens with zero attached hydrogens (tertiary/aromatic N) is 2. The number of likely N-dealkylation sites (N-methyl/N-ethyl adjacent to an activating group) is 1. The quantitative estimate of drug-likeness (QED) is 0.710. The van der Waals surface area contributed by atoms with Crippen molar-refractivity contribution < 1.29 is 23.1 Å². The SMILES string of the molecule is CCN(C[C@H]1[C@H](c2ccccc2)[C@H](CO)N1C(=O)COC)S(C)(=O)=O. The summed E-state index contributed by atoms with van der Waals surface area (Å²) in [7, 11) is -1.94. The molecular weight excluding hydrogens is 344 g/mol. The molecule has 8 heteroatoms. The molecule has 3 atom stereocenters. The third-order valence-corrected chi connectivity index (χ3v) is 6.03. The van der Waals surface area contributed by atoms with Gasteiger partial charge < -0.3 is 14.7 Å². The molecular formula is C17H26N2O5S. The molecule has 1 aliphatic heterocycles. The zero-order valence-corrected chi connectivity index (χ0v) is 15.6. The Labute approximate surface area is 149 Å². The average molecular weight is 370 g/mol. The number of carbonyl (C=O) groups is 1. The summed E-state index contributed by atoms with van der Waals surface area (Å²) < 4.78 is 30.3. The number of benzene rings is 1. The maximum absolute atomic E-state index is 12.4. The molecule has 7 nitrogen and oxygen atoms in total. The normalized spacial score (nSPS) is 23.6. The van der Waals surface area contributed by atoms with Crippen LogP contribution in [-0.2, 0) is 19.6 Å². The first-order chi connectivity index (χ1) is 11.8. The first-order valence-corrected chi connectivity index (χ1v) is 10.1. The molecule has 1 fully saturated rings. The van der Waals surface area contributed by atoms with E-state index in [1.807, 2.05) is 30.3 Å². The second-order valence-electron chi connectivity index (χ2n) is 6.20. The van der Waals surface area contributed by atoms with Crippen LogP contribution in [0.5, 0.6) is 0 Å². The second kappa shape index (κ2) is 8.27. The van der Waals surface area contributed by atoms with Crippen LogP contribution in [0.25, 0.3) is 0 Å². The Kier molecular flexibility index (Phi) is 6.56. The number of likely N-dealkylation sites (tertiary alicyclic amines) is 1. The minimum atomic E-state index is -3.38. The Balaban J connectivity index is 2.34. The van der Waals surface area contributed by atoms with E-state index in [4.69, 9.17) is 4.74 Å². The molecule has 140 valence electrons. The highest BCUT2D eigenvalue weighted by molar-refractivity contribution is 7.88. The highest BCUT2D eigenvalue weighted by atomic mass is 32.2. The van der Waals surface area contributed by atoms with Crippen LogP contribution in [0.2, 0.25) is 0 Å². The Hall–Kier alpha value is -1.48. The number of sulfonamides is 1. The number of ether oxygens (including phenoxy) is 1. The topological polar surface area (TPSA) is 87.2 Å². The van der Waals surface area contributed by atoms with Gasteiger partial charge in [-0.3, -0.25) is 4.79 Å². The van der Waals surface area contributed by atoms with Gasteiger partial charge in [-0.25, -0.2) is 12.7 Å². The van der Waals surface area contributed by atoms with Crippen LogP contribution >= 0.6 is 0 Å². The molecule has 25 heavy (non-hydrogen) atoms. The number of rotatable bonds is 8. The smallest absolute Gasteiger partial charge is 0.249 e. The van der Waals surface area contributed by atoms with Crippen LogP contribution in [0.4, 0.5) is 0 Å². The van der Waals surface area contributed by atoms with Crippen molar-refractivity contribution in [1.29, 1.82) is 0 Å². The van der Waals surface area contributed by atoms with Crippen LogP contribution in [0, 0.1) is 0 Å². The van der Waals surface area contributed by atoms with Gasteiger partial charge in [-0.1, -0.05) is 37.3 Å². The lowest BCUT2D eigenvalue weighted by Crippen LogP contribution is -2.69. The lowest BCUT2D eigenvalue weighted by atomic mass is 9.75. The molecule has 0 unspecified atom stereocenters. The molecule has 0 spiro atoms. The average Bonchev–Trinajstić information content (AvgIpc) is 2.54. The number of hydrogen-bond donors (Lipinski definition) is 1. The number of methoxy groups -OCH3 is 1. The molecule has 1 aromatic rings. The Morgan fingerprint density at radius 1 is 1.28 bits per heavy atom. The molecule has 1 amide bonds. The third-order valence-electron chi connectivity index (χ3n) is 4.68. The van der Waals surface area contributed by atoms with Gasteiger partial charge in [-0.2, -0.15) is 0 Å². The highest BCUT2D eigenvalue weighted by Crippen LogP contribution is 2.41. The van der Waals surface area contributed by atoms with E-state index in [0.717, 1.165) is 11.8 Å². The molecule has 1 saturated heterocycles. The summed E-state index contributed by atoms with van der Waals surface area (Å²) in [4.78, 5) is 14.0. The van der Waals surface area contributed by atoms with Crippen molar-refractivity contribution in [3.63, 3.8) is 0 Å². The predicted octanol–water partition coefficient (Wildman–Crippen LogP) is 0.270. The molecule has 2 rings (SSSR count). The number of carbonyl (C=O) groups excluding carboxylic acids is 1. The molecule has 0 aliphatic carbocycles. The van der Waals surface area contributed by atoms with Gasteiger partial charge >= 0.3 is 0 Å². The van der Waals surface area contributed by atoms with Gasteiger partial charge in [0, 0.05) is 26.1 Å². The zero-order valence-electron chi connectivity index (χ0n) is 14.8. The van der Waals surface area contributed by atoms with E-state index in [0.29, 0.717) is 6.54 Å². The summed E-state index contributed by atoms with van der Waals surface area (Å²) in [6.45, 7) is 2.01. The van der Waals surface area contributed by atoms with Gasteiger partial charge in [0.15, 0.2) is 0 Å². The summed E-state index contributed by atoms with van der Waals surface area (Å²) in [5.41, 5.74) is 0.984. The van der Waals surface area contributed by atoms with E-state index >= 15 is 0 Å². The van der Waals surface area contributed by atoms with Crippen molar-refractivity contribution in [3.05, 3.63) is 35.9 Å². The standard InChI is InChI=1S/C17H26N2O5S/c1-4-18(25(3,22)23)10-14-17(13-8-6-5-7-9-13)15(11-20)19(14)16(21)12-24-2/h5-9,14-15,17,20H,4,10-12H2,1-3H3/t14-,15-,17-/m0/s1. The third kappa shape index (κ3) is 4.20.